The number of alkyl halides is 1. The number of rotatable bonds is 4. The first kappa shape index (κ1) is 19.8. The van der Waals surface area contributed by atoms with E-state index in [0.29, 0.717) is 5.82 Å². The van der Waals surface area contributed by atoms with Crippen LogP contribution >= 0.6 is 0 Å². The van der Waals surface area contributed by atoms with Gasteiger partial charge in [-0.2, -0.15) is 9.40 Å². The van der Waals surface area contributed by atoms with Crippen molar-refractivity contribution in [2.75, 3.05) is 18.9 Å². The highest BCUT2D eigenvalue weighted by Crippen LogP contribution is 2.35. The maximum atomic E-state index is 13.8. The largest absolute Gasteiger partial charge is 0.395 e. The fraction of sp³-hybridized carbons (Fsp3) is 0.350. The van der Waals surface area contributed by atoms with Crippen molar-refractivity contribution < 1.29 is 17.9 Å². The van der Waals surface area contributed by atoms with Crippen molar-refractivity contribution in [3.05, 3.63) is 41.5 Å². The van der Waals surface area contributed by atoms with Gasteiger partial charge in [-0.1, -0.05) is 12.1 Å². The molecule has 0 aliphatic carbocycles. The lowest BCUT2D eigenvalue weighted by Crippen LogP contribution is -2.37. The number of benzene rings is 2. The van der Waals surface area contributed by atoms with E-state index in [4.69, 9.17) is 5.73 Å². The number of hydrogen-bond acceptors (Lipinski definition) is 5. The van der Waals surface area contributed by atoms with E-state index in [-0.39, 0.29) is 17.9 Å². The summed E-state index contributed by atoms with van der Waals surface area (Å²) in [6.45, 7) is 3.15. The second-order valence-corrected chi connectivity index (χ2v) is 9.38. The number of anilines is 1. The first-order valence-corrected chi connectivity index (χ1v) is 10.8. The summed E-state index contributed by atoms with van der Waals surface area (Å²) in [6.07, 6.45) is -1.25. The third kappa shape index (κ3) is 3.19. The maximum Gasteiger partial charge on any atom is 0.243 e. The molecule has 2 aromatic carbocycles. The third-order valence-corrected chi connectivity index (χ3v) is 7.55. The molecule has 0 bridgehead atoms. The zero-order valence-corrected chi connectivity index (χ0v) is 17.0. The van der Waals surface area contributed by atoms with Crippen LogP contribution in [0.1, 0.15) is 17.5 Å². The van der Waals surface area contributed by atoms with Crippen LogP contribution in [-0.2, 0) is 10.0 Å². The fourth-order valence-electron chi connectivity index (χ4n) is 4.13. The Morgan fingerprint density at radius 3 is 2.69 bits per heavy atom. The number of H-pyrrole nitrogens is 1. The number of sulfonamides is 1. The van der Waals surface area contributed by atoms with Gasteiger partial charge >= 0.3 is 0 Å². The molecular weight excluding hydrogens is 395 g/mol. The molecule has 1 aliphatic rings. The number of aryl methyl sites for hydroxylation is 2. The Hall–Kier alpha value is -2.49. The van der Waals surface area contributed by atoms with E-state index in [1.165, 1.54) is 6.07 Å². The molecule has 0 radical (unpaired) electrons. The van der Waals surface area contributed by atoms with Crippen molar-refractivity contribution >= 4 is 26.7 Å². The lowest BCUT2D eigenvalue weighted by molar-refractivity contribution is 0.213. The number of fused-ring (bicyclic) bond motifs is 1. The molecule has 2 atom stereocenters. The number of hydrogen-bond donors (Lipinski definition) is 3. The van der Waals surface area contributed by atoms with Crippen LogP contribution in [0.5, 0.6) is 0 Å². The molecule has 3 aromatic rings. The van der Waals surface area contributed by atoms with Crippen molar-refractivity contribution in [3.63, 3.8) is 0 Å². The number of nitrogens with one attached hydrogen (secondary N) is 1. The molecule has 0 spiro atoms. The van der Waals surface area contributed by atoms with E-state index in [9.17, 15) is 17.9 Å². The molecule has 7 nitrogen and oxygen atoms in total. The average molecular weight is 418 g/mol. The van der Waals surface area contributed by atoms with E-state index in [1.807, 2.05) is 26.0 Å². The van der Waals surface area contributed by atoms with Gasteiger partial charge in [0.15, 0.2) is 5.82 Å². The number of aromatic amines is 1. The number of aromatic nitrogens is 2. The number of nitrogens with two attached hydrogens (primary N) is 1. The van der Waals surface area contributed by atoms with E-state index < -0.39 is 28.8 Å². The molecule has 1 fully saturated rings. The summed E-state index contributed by atoms with van der Waals surface area (Å²) in [5.74, 6) is 0.418. The smallest absolute Gasteiger partial charge is 0.243 e. The zero-order valence-electron chi connectivity index (χ0n) is 16.2. The van der Waals surface area contributed by atoms with Crippen LogP contribution in [0.15, 0.2) is 35.2 Å². The summed E-state index contributed by atoms with van der Waals surface area (Å²) < 4.78 is 40.9. The highest BCUT2D eigenvalue weighted by Gasteiger charge is 2.40. The molecule has 2 heterocycles. The van der Waals surface area contributed by atoms with Gasteiger partial charge in [0.25, 0.3) is 0 Å². The van der Waals surface area contributed by atoms with Gasteiger partial charge in [0.2, 0.25) is 10.0 Å². The Bertz CT molecular complexity index is 1190. The Balaban J connectivity index is 1.76. The predicted octanol–water partition coefficient (Wildman–Crippen LogP) is 2.52. The molecule has 1 saturated heterocycles. The Morgan fingerprint density at radius 2 is 2.00 bits per heavy atom. The Kier molecular flexibility index (Phi) is 4.84. The van der Waals surface area contributed by atoms with Crippen LogP contribution in [0.2, 0.25) is 0 Å². The summed E-state index contributed by atoms with van der Waals surface area (Å²) in [4.78, 5) is 0.0906. The third-order valence-electron chi connectivity index (χ3n) is 5.64. The summed E-state index contributed by atoms with van der Waals surface area (Å²) >= 11 is 0. The summed E-state index contributed by atoms with van der Waals surface area (Å²) in [5, 5.41) is 17.2. The van der Waals surface area contributed by atoms with Gasteiger partial charge in [0.05, 0.1) is 23.1 Å². The second kappa shape index (κ2) is 7.08. The van der Waals surface area contributed by atoms with Gasteiger partial charge in [0.1, 0.15) is 6.17 Å². The quantitative estimate of drug-likeness (QED) is 0.603. The summed E-state index contributed by atoms with van der Waals surface area (Å²) in [7, 11) is -3.90. The lowest BCUT2D eigenvalue weighted by Gasteiger charge is -2.22. The first-order chi connectivity index (χ1) is 13.7. The standard InChI is InChI=1S/C20H23FN4O3S/c1-11-7-15(29(27,28)25-9-13(21)8-14(25)10-26)3-4-16(11)17-5-6-18-19(12(17)2)20(22)24-23-18/h3-7,13-14,26H,8-10H2,1-2H3,(H3,22,23,24)/t13-,14-/m0/s1. The van der Waals surface area contributed by atoms with Crippen LogP contribution < -0.4 is 5.73 Å². The lowest BCUT2D eigenvalue weighted by atomic mass is 9.94. The van der Waals surface area contributed by atoms with Crippen molar-refractivity contribution in [3.8, 4) is 11.1 Å². The van der Waals surface area contributed by atoms with Crippen molar-refractivity contribution in [1.82, 2.24) is 14.5 Å². The highest BCUT2D eigenvalue weighted by atomic mass is 32.2. The molecular formula is C20H23FN4O3S. The predicted molar refractivity (Wildman–Crippen MR) is 110 cm³/mol. The molecule has 4 rings (SSSR count). The van der Waals surface area contributed by atoms with E-state index in [0.717, 1.165) is 37.5 Å². The SMILES string of the molecule is Cc1cc(S(=O)(=O)N2C[C@@H](F)C[C@H]2CO)ccc1-c1ccc2[nH]nc(N)c2c1C. The molecule has 1 aromatic heterocycles. The van der Waals surface area contributed by atoms with Crippen LogP contribution in [0.4, 0.5) is 10.2 Å². The minimum Gasteiger partial charge on any atom is -0.395 e. The molecule has 4 N–H and O–H groups in total. The fourth-order valence-corrected chi connectivity index (χ4v) is 5.87. The molecule has 0 amide bonds. The van der Waals surface area contributed by atoms with Gasteiger partial charge < -0.3 is 10.8 Å². The number of nitrogen functional groups attached to an aromatic ring is 1. The van der Waals surface area contributed by atoms with Gasteiger partial charge in [-0.3, -0.25) is 5.10 Å². The average Bonchev–Trinajstić information content (AvgIpc) is 3.26. The monoisotopic (exact) mass is 418 g/mol. The van der Waals surface area contributed by atoms with Crippen LogP contribution in [0.3, 0.4) is 0 Å². The highest BCUT2D eigenvalue weighted by molar-refractivity contribution is 7.89. The van der Waals surface area contributed by atoms with E-state index in [1.54, 1.807) is 12.1 Å². The van der Waals surface area contributed by atoms with Crippen molar-refractivity contribution in [2.45, 2.75) is 37.4 Å². The second-order valence-electron chi connectivity index (χ2n) is 7.49. The van der Waals surface area contributed by atoms with Gasteiger partial charge in [-0.15, -0.1) is 0 Å². The molecule has 29 heavy (non-hydrogen) atoms. The topological polar surface area (TPSA) is 112 Å². The van der Waals surface area contributed by atoms with Crippen LogP contribution in [0.25, 0.3) is 22.0 Å². The summed E-state index contributed by atoms with van der Waals surface area (Å²) in [5.41, 5.74) is 10.3. The van der Waals surface area contributed by atoms with Crippen molar-refractivity contribution in [2.24, 2.45) is 0 Å². The number of halogens is 1. The summed E-state index contributed by atoms with van der Waals surface area (Å²) in [6, 6.07) is 7.98. The number of aliphatic hydroxyl groups is 1. The van der Waals surface area contributed by atoms with Crippen LogP contribution in [-0.4, -0.2) is 53.4 Å². The first-order valence-electron chi connectivity index (χ1n) is 9.35. The van der Waals surface area contributed by atoms with Gasteiger partial charge in [-0.25, -0.2) is 12.8 Å². The Morgan fingerprint density at radius 1 is 1.28 bits per heavy atom. The van der Waals surface area contributed by atoms with Crippen LogP contribution in [0, 0.1) is 13.8 Å². The normalized spacial score (nSPS) is 20.6. The molecule has 1 aliphatic heterocycles. The maximum absolute atomic E-state index is 13.8. The zero-order chi connectivity index (χ0) is 20.9. The van der Waals surface area contributed by atoms with E-state index >= 15 is 0 Å². The number of aliphatic hydroxyl groups excluding tert-OH is 1. The minimum absolute atomic E-state index is 0.0120. The molecule has 0 unspecified atom stereocenters. The van der Waals surface area contributed by atoms with Gasteiger partial charge in [-0.05, 0) is 60.7 Å². The molecule has 0 saturated carbocycles. The van der Waals surface area contributed by atoms with E-state index in [2.05, 4.69) is 10.2 Å². The van der Waals surface area contributed by atoms with Crippen molar-refractivity contribution in [1.29, 1.82) is 0 Å². The number of nitrogens with zero attached hydrogens (tertiary/aromatic N) is 2. The van der Waals surface area contributed by atoms with Gasteiger partial charge in [0, 0.05) is 11.9 Å². The minimum atomic E-state index is -3.90. The molecule has 154 valence electrons. The Labute approximate surface area is 168 Å². The molecule has 9 heteroatoms.